The predicted molar refractivity (Wildman–Crippen MR) is 51.0 cm³/mol. The molecule has 0 aliphatic carbocycles. The van der Waals surface area contributed by atoms with Crippen LogP contribution in [0.4, 0.5) is 0 Å². The molecule has 0 aliphatic rings. The molecule has 0 aliphatic heterocycles. The maximum Gasteiger partial charge on any atom is 0.0490 e. The second kappa shape index (κ2) is 3.74. The summed E-state index contributed by atoms with van der Waals surface area (Å²) >= 11 is 0. The van der Waals surface area contributed by atoms with Crippen LogP contribution in [-0.2, 0) is 6.42 Å². The van der Waals surface area contributed by atoms with Crippen LogP contribution in [0.1, 0.15) is 39.3 Å². The Hall–Kier alpha value is -0.790. The summed E-state index contributed by atoms with van der Waals surface area (Å²) in [4.78, 5) is 0. The Labute approximate surface area is 74.4 Å². The van der Waals surface area contributed by atoms with E-state index in [9.17, 15) is 0 Å². The number of H-pyrrole nitrogens is 1. The molecular weight excluding hydrogens is 148 g/mol. The summed E-state index contributed by atoms with van der Waals surface area (Å²) in [5, 5.41) is 6.89. The molecule has 68 valence electrons. The van der Waals surface area contributed by atoms with E-state index in [0.717, 1.165) is 6.42 Å². The molecule has 0 fully saturated rings. The van der Waals surface area contributed by atoms with Gasteiger partial charge in [-0.15, -0.1) is 0 Å². The summed E-state index contributed by atoms with van der Waals surface area (Å²) in [6, 6.07) is 2.04. The van der Waals surface area contributed by atoms with Gasteiger partial charge >= 0.3 is 0 Å². The highest BCUT2D eigenvalue weighted by Crippen LogP contribution is 2.21. The molecule has 0 atom stereocenters. The average molecular weight is 166 g/mol. The number of aromatic nitrogens is 2. The van der Waals surface area contributed by atoms with Gasteiger partial charge in [-0.05, 0) is 30.7 Å². The molecule has 0 radical (unpaired) electrons. The molecule has 1 heterocycles. The highest BCUT2D eigenvalue weighted by atomic mass is 15.1. The Morgan fingerprint density at radius 1 is 1.42 bits per heavy atom. The minimum absolute atomic E-state index is 0.458. The van der Waals surface area contributed by atoms with Gasteiger partial charge in [-0.25, -0.2) is 0 Å². The molecule has 0 aromatic carbocycles. The van der Waals surface area contributed by atoms with E-state index in [2.05, 4.69) is 31.0 Å². The van der Waals surface area contributed by atoms with Gasteiger partial charge in [0.15, 0.2) is 0 Å². The second-order valence-electron chi connectivity index (χ2n) is 4.50. The molecule has 0 unspecified atom stereocenters. The zero-order valence-corrected chi connectivity index (χ0v) is 8.22. The third kappa shape index (κ3) is 3.56. The van der Waals surface area contributed by atoms with Gasteiger partial charge in [0.2, 0.25) is 0 Å². The lowest BCUT2D eigenvalue weighted by atomic mass is 9.89. The van der Waals surface area contributed by atoms with Crippen molar-refractivity contribution >= 4 is 0 Å². The Morgan fingerprint density at radius 2 is 2.17 bits per heavy atom. The van der Waals surface area contributed by atoms with Crippen LogP contribution < -0.4 is 0 Å². The molecule has 1 aromatic heterocycles. The van der Waals surface area contributed by atoms with Crippen molar-refractivity contribution in [1.29, 1.82) is 0 Å². The number of rotatable bonds is 3. The third-order valence-electron chi connectivity index (χ3n) is 1.93. The average Bonchev–Trinajstić information content (AvgIpc) is 2.36. The fourth-order valence-electron chi connectivity index (χ4n) is 1.23. The van der Waals surface area contributed by atoms with Crippen molar-refractivity contribution in [3.05, 3.63) is 18.0 Å². The summed E-state index contributed by atoms with van der Waals surface area (Å²) < 4.78 is 0. The fraction of sp³-hybridized carbons (Fsp3) is 0.700. The Bertz CT molecular complexity index is 206. The zero-order chi connectivity index (χ0) is 9.03. The van der Waals surface area contributed by atoms with Crippen LogP contribution in [0.15, 0.2) is 12.3 Å². The van der Waals surface area contributed by atoms with E-state index in [1.807, 2.05) is 12.3 Å². The molecule has 2 heteroatoms. The molecule has 0 spiro atoms. The first-order valence-electron chi connectivity index (χ1n) is 4.56. The van der Waals surface area contributed by atoms with Crippen molar-refractivity contribution in [1.82, 2.24) is 10.2 Å². The topological polar surface area (TPSA) is 28.7 Å². The van der Waals surface area contributed by atoms with Gasteiger partial charge in [0.05, 0.1) is 0 Å². The lowest BCUT2D eigenvalue weighted by Gasteiger charge is -2.16. The molecule has 12 heavy (non-hydrogen) atoms. The molecular formula is C10H18N2. The van der Waals surface area contributed by atoms with Crippen molar-refractivity contribution in [2.75, 3.05) is 0 Å². The van der Waals surface area contributed by atoms with Gasteiger partial charge in [0.1, 0.15) is 0 Å². The van der Waals surface area contributed by atoms with Crippen LogP contribution in [0.5, 0.6) is 0 Å². The number of hydrogen-bond donors (Lipinski definition) is 1. The smallest absolute Gasteiger partial charge is 0.0490 e. The molecule has 0 amide bonds. The maximum absolute atomic E-state index is 3.91. The van der Waals surface area contributed by atoms with E-state index in [4.69, 9.17) is 0 Å². The van der Waals surface area contributed by atoms with Crippen LogP contribution >= 0.6 is 0 Å². The Balaban J connectivity index is 2.20. The van der Waals surface area contributed by atoms with Gasteiger partial charge in [-0.1, -0.05) is 20.8 Å². The standard InChI is InChI=1S/C10H18N2/c1-10(2,3)7-4-5-9-6-8-11-12-9/h6,8H,4-5,7H2,1-3H3,(H,11,12). The molecule has 1 N–H and O–H groups in total. The van der Waals surface area contributed by atoms with Crippen molar-refractivity contribution in [3.8, 4) is 0 Å². The van der Waals surface area contributed by atoms with Gasteiger partial charge in [-0.3, -0.25) is 5.10 Å². The largest absolute Gasteiger partial charge is 0.283 e. The lowest BCUT2D eigenvalue weighted by molar-refractivity contribution is 0.365. The quantitative estimate of drug-likeness (QED) is 0.735. The second-order valence-corrected chi connectivity index (χ2v) is 4.50. The summed E-state index contributed by atoms with van der Waals surface area (Å²) in [7, 11) is 0. The predicted octanol–water partition coefficient (Wildman–Crippen LogP) is 2.78. The van der Waals surface area contributed by atoms with Crippen molar-refractivity contribution in [3.63, 3.8) is 0 Å². The van der Waals surface area contributed by atoms with E-state index >= 15 is 0 Å². The number of nitrogens with zero attached hydrogens (tertiary/aromatic N) is 1. The molecule has 0 saturated heterocycles. The first kappa shape index (κ1) is 9.30. The zero-order valence-electron chi connectivity index (χ0n) is 8.22. The summed E-state index contributed by atoms with van der Waals surface area (Å²) in [5.41, 5.74) is 1.71. The van der Waals surface area contributed by atoms with Crippen LogP contribution in [0.3, 0.4) is 0 Å². The third-order valence-corrected chi connectivity index (χ3v) is 1.93. The molecule has 1 aromatic rings. The number of aromatic amines is 1. The van der Waals surface area contributed by atoms with Crippen LogP contribution in [0, 0.1) is 5.41 Å². The van der Waals surface area contributed by atoms with Gasteiger partial charge in [0.25, 0.3) is 0 Å². The monoisotopic (exact) mass is 166 g/mol. The van der Waals surface area contributed by atoms with Crippen LogP contribution in [0.2, 0.25) is 0 Å². The Morgan fingerprint density at radius 3 is 2.67 bits per heavy atom. The van der Waals surface area contributed by atoms with E-state index in [0.29, 0.717) is 5.41 Å². The minimum atomic E-state index is 0.458. The molecule has 2 nitrogen and oxygen atoms in total. The highest BCUT2D eigenvalue weighted by Gasteiger charge is 2.09. The van der Waals surface area contributed by atoms with Gasteiger partial charge in [0, 0.05) is 11.9 Å². The number of nitrogens with one attached hydrogen (secondary N) is 1. The molecule has 0 saturated carbocycles. The van der Waals surface area contributed by atoms with E-state index in [1.54, 1.807) is 0 Å². The summed E-state index contributed by atoms with van der Waals surface area (Å²) in [6.07, 6.45) is 5.45. The maximum atomic E-state index is 3.91. The van der Waals surface area contributed by atoms with Crippen molar-refractivity contribution in [2.45, 2.75) is 40.0 Å². The summed E-state index contributed by atoms with van der Waals surface area (Å²) in [6.45, 7) is 6.83. The number of aryl methyl sites for hydroxylation is 1. The normalized spacial score (nSPS) is 11.9. The van der Waals surface area contributed by atoms with Crippen LogP contribution in [0.25, 0.3) is 0 Å². The first-order chi connectivity index (χ1) is 5.58. The SMILES string of the molecule is CC(C)(C)CCCc1ccn[nH]1. The fourth-order valence-corrected chi connectivity index (χ4v) is 1.23. The highest BCUT2D eigenvalue weighted by molar-refractivity contribution is 4.97. The minimum Gasteiger partial charge on any atom is -0.283 e. The van der Waals surface area contributed by atoms with E-state index in [-0.39, 0.29) is 0 Å². The van der Waals surface area contributed by atoms with E-state index < -0.39 is 0 Å². The van der Waals surface area contributed by atoms with Crippen molar-refractivity contribution < 1.29 is 0 Å². The number of hydrogen-bond acceptors (Lipinski definition) is 1. The van der Waals surface area contributed by atoms with E-state index in [1.165, 1.54) is 18.5 Å². The van der Waals surface area contributed by atoms with Gasteiger partial charge < -0.3 is 0 Å². The van der Waals surface area contributed by atoms with Crippen LogP contribution in [-0.4, -0.2) is 10.2 Å². The Kier molecular flexibility index (Phi) is 2.90. The van der Waals surface area contributed by atoms with Gasteiger partial charge in [-0.2, -0.15) is 5.10 Å². The lowest BCUT2D eigenvalue weighted by Crippen LogP contribution is -2.04. The molecule has 1 rings (SSSR count). The van der Waals surface area contributed by atoms with Crippen molar-refractivity contribution in [2.24, 2.45) is 5.41 Å². The molecule has 0 bridgehead atoms. The first-order valence-corrected chi connectivity index (χ1v) is 4.56. The summed E-state index contributed by atoms with van der Waals surface area (Å²) in [5.74, 6) is 0.